The third kappa shape index (κ3) is 4.24. The molecular formula is C17H26N6O2. The third-order valence-corrected chi connectivity index (χ3v) is 4.47. The topological polar surface area (TPSA) is 98.7 Å². The Morgan fingerprint density at radius 1 is 1.24 bits per heavy atom. The molecule has 0 unspecified atom stereocenters. The molecule has 136 valence electrons. The zero-order chi connectivity index (χ0) is 17.8. The summed E-state index contributed by atoms with van der Waals surface area (Å²) < 4.78 is 7.33. The minimum absolute atomic E-state index is 0.0530. The lowest BCUT2D eigenvalue weighted by molar-refractivity contribution is -0.121. The Balaban J connectivity index is 1.54. The van der Waals surface area contributed by atoms with Crippen LogP contribution in [0.2, 0.25) is 0 Å². The number of fused-ring (bicyclic) bond motifs is 1. The molecule has 8 nitrogen and oxygen atoms in total. The fourth-order valence-electron chi connectivity index (χ4n) is 3.03. The molecule has 0 spiro atoms. The van der Waals surface area contributed by atoms with Gasteiger partial charge in [0.2, 0.25) is 11.8 Å². The zero-order valence-electron chi connectivity index (χ0n) is 15.2. The van der Waals surface area contributed by atoms with Gasteiger partial charge in [-0.25, -0.2) is 0 Å². The third-order valence-electron chi connectivity index (χ3n) is 4.47. The summed E-state index contributed by atoms with van der Waals surface area (Å²) >= 11 is 0. The van der Waals surface area contributed by atoms with Crippen molar-refractivity contribution in [1.82, 2.24) is 30.2 Å². The second-order valence-corrected chi connectivity index (χ2v) is 6.93. The molecule has 0 aliphatic carbocycles. The van der Waals surface area contributed by atoms with Crippen LogP contribution in [0.4, 0.5) is 0 Å². The smallest absolute Gasteiger partial charge is 0.227 e. The number of carbonyl (C=O) groups excluding carboxylic acids is 1. The SMILES string of the molecule is CC(C)c1noc(CCC(=O)N[C@H](C)c2nnc3n2CCCCC3)n1. The van der Waals surface area contributed by atoms with Gasteiger partial charge in [-0.05, 0) is 19.8 Å². The summed E-state index contributed by atoms with van der Waals surface area (Å²) in [4.78, 5) is 16.5. The minimum Gasteiger partial charge on any atom is -0.346 e. The monoisotopic (exact) mass is 346 g/mol. The van der Waals surface area contributed by atoms with E-state index in [0.717, 1.165) is 37.5 Å². The average Bonchev–Trinajstić information content (AvgIpc) is 3.15. The van der Waals surface area contributed by atoms with E-state index in [1.54, 1.807) is 0 Å². The van der Waals surface area contributed by atoms with E-state index >= 15 is 0 Å². The summed E-state index contributed by atoms with van der Waals surface area (Å²) in [5, 5.41) is 15.5. The molecular weight excluding hydrogens is 320 g/mol. The molecule has 25 heavy (non-hydrogen) atoms. The number of nitrogens with zero attached hydrogens (tertiary/aromatic N) is 5. The number of aryl methyl sites for hydroxylation is 2. The maximum Gasteiger partial charge on any atom is 0.227 e. The van der Waals surface area contributed by atoms with E-state index in [1.165, 1.54) is 6.42 Å². The summed E-state index contributed by atoms with van der Waals surface area (Å²) in [7, 11) is 0. The standard InChI is InChI=1S/C17H26N6O2/c1-11(2)16-19-15(25-22-16)9-8-14(24)18-12(3)17-21-20-13-7-5-4-6-10-23(13)17/h11-12H,4-10H2,1-3H3,(H,18,24)/t12-/m1/s1. The van der Waals surface area contributed by atoms with Crippen LogP contribution in [0.3, 0.4) is 0 Å². The number of hydrogen-bond acceptors (Lipinski definition) is 6. The number of rotatable bonds is 6. The van der Waals surface area contributed by atoms with E-state index in [9.17, 15) is 4.79 Å². The van der Waals surface area contributed by atoms with Crippen LogP contribution in [0.15, 0.2) is 4.52 Å². The van der Waals surface area contributed by atoms with Crippen molar-refractivity contribution in [1.29, 1.82) is 0 Å². The van der Waals surface area contributed by atoms with Crippen molar-refractivity contribution in [3.8, 4) is 0 Å². The van der Waals surface area contributed by atoms with Gasteiger partial charge >= 0.3 is 0 Å². The van der Waals surface area contributed by atoms with E-state index in [2.05, 4.69) is 30.2 Å². The molecule has 0 radical (unpaired) electrons. The number of nitrogens with one attached hydrogen (secondary N) is 1. The molecule has 1 amide bonds. The lowest BCUT2D eigenvalue weighted by atomic mass is 10.2. The van der Waals surface area contributed by atoms with E-state index in [1.807, 2.05) is 20.8 Å². The molecule has 3 rings (SSSR count). The maximum atomic E-state index is 12.2. The van der Waals surface area contributed by atoms with Crippen LogP contribution in [0, 0.1) is 0 Å². The van der Waals surface area contributed by atoms with Gasteiger partial charge in [0.1, 0.15) is 5.82 Å². The Bertz CT molecular complexity index is 721. The molecule has 2 aromatic heterocycles. The van der Waals surface area contributed by atoms with Crippen LogP contribution in [-0.4, -0.2) is 30.8 Å². The maximum absolute atomic E-state index is 12.2. The first-order chi connectivity index (χ1) is 12.0. The largest absolute Gasteiger partial charge is 0.346 e. The summed E-state index contributed by atoms with van der Waals surface area (Å²) in [6.45, 7) is 6.89. The molecule has 0 saturated carbocycles. The van der Waals surface area contributed by atoms with Gasteiger partial charge in [-0.15, -0.1) is 10.2 Å². The van der Waals surface area contributed by atoms with Crippen molar-refractivity contribution in [3.63, 3.8) is 0 Å². The van der Waals surface area contributed by atoms with Crippen molar-refractivity contribution < 1.29 is 9.32 Å². The molecule has 0 fully saturated rings. The quantitative estimate of drug-likeness (QED) is 0.862. The molecule has 8 heteroatoms. The van der Waals surface area contributed by atoms with Gasteiger partial charge in [0, 0.05) is 31.7 Å². The number of hydrogen-bond donors (Lipinski definition) is 1. The predicted molar refractivity (Wildman–Crippen MR) is 90.8 cm³/mol. The predicted octanol–water partition coefficient (Wildman–Crippen LogP) is 2.32. The molecule has 1 aliphatic rings. The number of carbonyl (C=O) groups is 1. The van der Waals surface area contributed by atoms with Crippen molar-refractivity contribution in [2.45, 2.75) is 77.8 Å². The van der Waals surface area contributed by atoms with Gasteiger partial charge in [0.05, 0.1) is 6.04 Å². The fourth-order valence-corrected chi connectivity index (χ4v) is 3.03. The van der Waals surface area contributed by atoms with E-state index in [-0.39, 0.29) is 17.9 Å². The molecule has 1 N–H and O–H groups in total. The molecule has 0 aromatic carbocycles. The first-order valence-electron chi connectivity index (χ1n) is 9.08. The van der Waals surface area contributed by atoms with Gasteiger partial charge < -0.3 is 14.4 Å². The van der Waals surface area contributed by atoms with Crippen LogP contribution in [0.25, 0.3) is 0 Å². The highest BCUT2D eigenvalue weighted by Gasteiger charge is 2.21. The average molecular weight is 346 g/mol. The number of aromatic nitrogens is 5. The lowest BCUT2D eigenvalue weighted by Gasteiger charge is -2.15. The van der Waals surface area contributed by atoms with Crippen molar-refractivity contribution in [2.24, 2.45) is 0 Å². The van der Waals surface area contributed by atoms with E-state index < -0.39 is 0 Å². The summed E-state index contributed by atoms with van der Waals surface area (Å²) in [6, 6.07) is -0.166. The van der Waals surface area contributed by atoms with Gasteiger partial charge in [-0.2, -0.15) is 4.98 Å². The zero-order valence-corrected chi connectivity index (χ0v) is 15.2. The first kappa shape index (κ1) is 17.6. The van der Waals surface area contributed by atoms with Crippen LogP contribution < -0.4 is 5.32 Å². The van der Waals surface area contributed by atoms with Crippen LogP contribution in [0.1, 0.15) is 81.8 Å². The van der Waals surface area contributed by atoms with Gasteiger partial charge in [-0.3, -0.25) is 4.79 Å². The van der Waals surface area contributed by atoms with Crippen molar-refractivity contribution in [2.75, 3.05) is 0 Å². The van der Waals surface area contributed by atoms with Gasteiger partial charge in [0.25, 0.3) is 0 Å². The van der Waals surface area contributed by atoms with Crippen LogP contribution in [0.5, 0.6) is 0 Å². The molecule has 1 atom stereocenters. The second-order valence-electron chi connectivity index (χ2n) is 6.93. The van der Waals surface area contributed by atoms with Crippen LogP contribution >= 0.6 is 0 Å². The molecule has 1 aliphatic heterocycles. The normalized spacial score (nSPS) is 15.7. The van der Waals surface area contributed by atoms with Crippen molar-refractivity contribution >= 4 is 5.91 Å². The van der Waals surface area contributed by atoms with E-state index in [4.69, 9.17) is 4.52 Å². The summed E-state index contributed by atoms with van der Waals surface area (Å²) in [5.41, 5.74) is 0. The van der Waals surface area contributed by atoms with Crippen molar-refractivity contribution in [3.05, 3.63) is 23.4 Å². The molecule has 2 aromatic rings. The minimum atomic E-state index is -0.166. The van der Waals surface area contributed by atoms with Gasteiger partial charge in [0.15, 0.2) is 11.6 Å². The highest BCUT2D eigenvalue weighted by molar-refractivity contribution is 5.76. The molecule has 3 heterocycles. The molecule has 0 bridgehead atoms. The van der Waals surface area contributed by atoms with E-state index in [0.29, 0.717) is 24.6 Å². The highest BCUT2D eigenvalue weighted by atomic mass is 16.5. The lowest BCUT2D eigenvalue weighted by Crippen LogP contribution is -2.29. The Labute approximate surface area is 147 Å². The summed E-state index contributed by atoms with van der Waals surface area (Å²) in [6.07, 6.45) is 5.21. The Hall–Kier alpha value is -2.25. The Kier molecular flexibility index (Phi) is 5.45. The first-order valence-corrected chi connectivity index (χ1v) is 9.08. The summed E-state index contributed by atoms with van der Waals surface area (Å²) in [5.74, 6) is 3.21. The Morgan fingerprint density at radius 2 is 2.08 bits per heavy atom. The fraction of sp³-hybridized carbons (Fsp3) is 0.706. The van der Waals surface area contributed by atoms with Gasteiger partial charge in [-0.1, -0.05) is 25.4 Å². The van der Waals surface area contributed by atoms with Crippen LogP contribution in [-0.2, 0) is 24.2 Å². The molecule has 0 saturated heterocycles. The second kappa shape index (κ2) is 7.76. The highest BCUT2D eigenvalue weighted by Crippen LogP contribution is 2.18. The Morgan fingerprint density at radius 3 is 2.84 bits per heavy atom. The number of amides is 1.